The Balaban J connectivity index is 1.31. The molecular formula is C19H29N3O. The number of aromatic nitrogens is 1. The van der Waals surface area contributed by atoms with Gasteiger partial charge in [0.15, 0.2) is 0 Å². The number of aryl methyl sites for hydroxylation is 1. The van der Waals surface area contributed by atoms with Crippen molar-refractivity contribution < 1.29 is 4.74 Å². The number of rotatable bonds is 3. The molecule has 1 aromatic heterocycles. The third-order valence-electron chi connectivity index (χ3n) is 5.89. The Bertz CT molecular complexity index is 507. The van der Waals surface area contributed by atoms with E-state index >= 15 is 0 Å². The lowest BCUT2D eigenvalue weighted by Crippen LogP contribution is -2.47. The van der Waals surface area contributed by atoms with Crippen molar-refractivity contribution in [3.05, 3.63) is 29.6 Å². The van der Waals surface area contributed by atoms with E-state index in [1.54, 1.807) is 0 Å². The Labute approximate surface area is 139 Å². The van der Waals surface area contributed by atoms with E-state index in [-0.39, 0.29) is 0 Å². The van der Waals surface area contributed by atoms with E-state index in [4.69, 9.17) is 4.74 Å². The minimum absolute atomic E-state index is 0.477. The molecule has 0 bridgehead atoms. The molecule has 0 radical (unpaired) electrons. The van der Waals surface area contributed by atoms with Gasteiger partial charge in [0.25, 0.3) is 0 Å². The lowest BCUT2D eigenvalue weighted by Gasteiger charge is -2.40. The molecule has 1 saturated carbocycles. The first-order chi connectivity index (χ1) is 11.4. The molecule has 0 aromatic carbocycles. The predicted octanol–water partition coefficient (Wildman–Crippen LogP) is 2.69. The molecule has 2 heterocycles. The predicted molar refractivity (Wildman–Crippen MR) is 91.5 cm³/mol. The monoisotopic (exact) mass is 315 g/mol. The SMILES string of the molecule is c1cnc2c(c1)CCCC2NC1CCC(N2CCOCC2)CC1. The van der Waals surface area contributed by atoms with Gasteiger partial charge in [-0.25, -0.2) is 0 Å². The van der Waals surface area contributed by atoms with Gasteiger partial charge < -0.3 is 10.1 Å². The molecule has 23 heavy (non-hydrogen) atoms. The summed E-state index contributed by atoms with van der Waals surface area (Å²) in [5, 5.41) is 3.93. The van der Waals surface area contributed by atoms with Crippen molar-refractivity contribution in [2.45, 2.75) is 63.1 Å². The van der Waals surface area contributed by atoms with Crippen LogP contribution in [0.3, 0.4) is 0 Å². The van der Waals surface area contributed by atoms with Gasteiger partial charge in [-0.3, -0.25) is 9.88 Å². The van der Waals surface area contributed by atoms with E-state index in [1.807, 2.05) is 6.20 Å². The summed E-state index contributed by atoms with van der Waals surface area (Å²) in [5.74, 6) is 0. The van der Waals surface area contributed by atoms with Crippen molar-refractivity contribution in [1.82, 2.24) is 15.2 Å². The molecule has 1 atom stereocenters. The lowest BCUT2D eigenvalue weighted by molar-refractivity contribution is 0.00618. The van der Waals surface area contributed by atoms with Gasteiger partial charge in [-0.2, -0.15) is 0 Å². The second kappa shape index (κ2) is 7.29. The van der Waals surface area contributed by atoms with Crippen molar-refractivity contribution in [2.24, 2.45) is 0 Å². The maximum Gasteiger partial charge on any atom is 0.0605 e. The largest absolute Gasteiger partial charge is 0.379 e. The third-order valence-corrected chi connectivity index (χ3v) is 5.89. The molecule has 1 aliphatic heterocycles. The van der Waals surface area contributed by atoms with Gasteiger partial charge in [-0.15, -0.1) is 0 Å². The number of ether oxygens (including phenoxy) is 1. The highest BCUT2D eigenvalue weighted by Gasteiger charge is 2.29. The first-order valence-electron chi connectivity index (χ1n) is 9.42. The van der Waals surface area contributed by atoms with E-state index < -0.39 is 0 Å². The lowest BCUT2D eigenvalue weighted by atomic mass is 9.87. The maximum absolute atomic E-state index is 5.48. The average molecular weight is 315 g/mol. The van der Waals surface area contributed by atoms with E-state index in [0.29, 0.717) is 12.1 Å². The number of morpholine rings is 1. The van der Waals surface area contributed by atoms with Crippen LogP contribution in [0.4, 0.5) is 0 Å². The van der Waals surface area contributed by atoms with Gasteiger partial charge in [-0.05, 0) is 56.6 Å². The van der Waals surface area contributed by atoms with Crippen LogP contribution in [0.5, 0.6) is 0 Å². The van der Waals surface area contributed by atoms with Gasteiger partial charge in [0.2, 0.25) is 0 Å². The molecule has 1 N–H and O–H groups in total. The van der Waals surface area contributed by atoms with Gasteiger partial charge in [0.05, 0.1) is 18.9 Å². The number of hydrogen-bond acceptors (Lipinski definition) is 4. The summed E-state index contributed by atoms with van der Waals surface area (Å²) in [4.78, 5) is 7.32. The minimum Gasteiger partial charge on any atom is -0.379 e. The Morgan fingerprint density at radius 3 is 2.74 bits per heavy atom. The Hall–Kier alpha value is -0.970. The number of hydrogen-bond donors (Lipinski definition) is 1. The summed E-state index contributed by atoms with van der Waals surface area (Å²) in [7, 11) is 0. The van der Waals surface area contributed by atoms with Crippen LogP contribution in [0.25, 0.3) is 0 Å². The number of fused-ring (bicyclic) bond motifs is 1. The number of nitrogens with one attached hydrogen (secondary N) is 1. The number of pyridine rings is 1. The van der Waals surface area contributed by atoms with Crippen LogP contribution in [-0.2, 0) is 11.2 Å². The molecule has 0 spiro atoms. The summed E-state index contributed by atoms with van der Waals surface area (Å²) in [6.07, 6.45) is 11.0. The summed E-state index contributed by atoms with van der Waals surface area (Å²) in [6.45, 7) is 4.09. The molecule has 4 rings (SSSR count). The minimum atomic E-state index is 0.477. The van der Waals surface area contributed by atoms with Gasteiger partial charge in [0, 0.05) is 37.4 Å². The van der Waals surface area contributed by atoms with Crippen molar-refractivity contribution in [3.8, 4) is 0 Å². The molecule has 126 valence electrons. The molecule has 3 aliphatic rings. The van der Waals surface area contributed by atoms with Crippen LogP contribution < -0.4 is 5.32 Å². The van der Waals surface area contributed by atoms with Crippen LogP contribution in [0.2, 0.25) is 0 Å². The molecule has 1 aromatic rings. The molecule has 4 heteroatoms. The van der Waals surface area contributed by atoms with Crippen LogP contribution in [-0.4, -0.2) is 48.3 Å². The van der Waals surface area contributed by atoms with Crippen LogP contribution in [0.15, 0.2) is 18.3 Å². The summed E-state index contributed by atoms with van der Waals surface area (Å²) in [6, 6.07) is 6.27. The van der Waals surface area contributed by atoms with Crippen molar-refractivity contribution in [1.29, 1.82) is 0 Å². The fraction of sp³-hybridized carbons (Fsp3) is 0.737. The Kier molecular flexibility index (Phi) is 4.93. The first kappa shape index (κ1) is 15.6. The fourth-order valence-corrected chi connectivity index (χ4v) is 4.61. The Morgan fingerprint density at radius 1 is 1.09 bits per heavy atom. The van der Waals surface area contributed by atoms with Crippen LogP contribution >= 0.6 is 0 Å². The second-order valence-corrected chi connectivity index (χ2v) is 7.31. The highest BCUT2D eigenvalue weighted by molar-refractivity contribution is 5.25. The van der Waals surface area contributed by atoms with Gasteiger partial charge >= 0.3 is 0 Å². The fourth-order valence-electron chi connectivity index (χ4n) is 4.61. The quantitative estimate of drug-likeness (QED) is 0.930. The molecule has 2 fully saturated rings. The molecule has 1 unspecified atom stereocenters. The Morgan fingerprint density at radius 2 is 1.91 bits per heavy atom. The van der Waals surface area contributed by atoms with Crippen molar-refractivity contribution in [3.63, 3.8) is 0 Å². The summed E-state index contributed by atoms with van der Waals surface area (Å²) in [5.41, 5.74) is 2.77. The zero-order valence-electron chi connectivity index (χ0n) is 14.0. The van der Waals surface area contributed by atoms with Crippen LogP contribution in [0.1, 0.15) is 55.8 Å². The van der Waals surface area contributed by atoms with E-state index in [1.165, 1.54) is 56.2 Å². The average Bonchev–Trinajstić information content (AvgIpc) is 2.63. The highest BCUT2D eigenvalue weighted by Crippen LogP contribution is 2.31. The van der Waals surface area contributed by atoms with Crippen molar-refractivity contribution in [2.75, 3.05) is 26.3 Å². The van der Waals surface area contributed by atoms with Crippen LogP contribution in [0, 0.1) is 0 Å². The molecular weight excluding hydrogens is 286 g/mol. The van der Waals surface area contributed by atoms with E-state index in [2.05, 4.69) is 27.3 Å². The maximum atomic E-state index is 5.48. The summed E-state index contributed by atoms with van der Waals surface area (Å²) >= 11 is 0. The van der Waals surface area contributed by atoms with Gasteiger partial charge in [0.1, 0.15) is 0 Å². The standard InChI is InChI=1S/C19H29N3O/c1-3-15-4-2-10-20-19(15)18(5-1)21-16-6-8-17(9-7-16)22-11-13-23-14-12-22/h2,4,10,16-18,21H,1,3,5-9,11-14H2. The number of nitrogens with zero attached hydrogens (tertiary/aromatic N) is 2. The normalized spacial score (nSPS) is 32.4. The zero-order valence-corrected chi connectivity index (χ0v) is 14.0. The topological polar surface area (TPSA) is 37.4 Å². The summed E-state index contributed by atoms with van der Waals surface area (Å²) < 4.78 is 5.48. The highest BCUT2D eigenvalue weighted by atomic mass is 16.5. The first-order valence-corrected chi connectivity index (χ1v) is 9.42. The third kappa shape index (κ3) is 3.59. The molecule has 2 aliphatic carbocycles. The second-order valence-electron chi connectivity index (χ2n) is 7.31. The van der Waals surface area contributed by atoms with Crippen molar-refractivity contribution >= 4 is 0 Å². The molecule has 4 nitrogen and oxygen atoms in total. The molecule has 0 amide bonds. The zero-order chi connectivity index (χ0) is 15.5. The van der Waals surface area contributed by atoms with E-state index in [9.17, 15) is 0 Å². The van der Waals surface area contributed by atoms with Gasteiger partial charge in [-0.1, -0.05) is 6.07 Å². The molecule has 1 saturated heterocycles. The van der Waals surface area contributed by atoms with E-state index in [0.717, 1.165) is 32.3 Å². The smallest absolute Gasteiger partial charge is 0.0605 e.